The Hall–Kier alpha value is -3.23. The molecule has 1 fully saturated rings. The van der Waals surface area contributed by atoms with Crippen LogP contribution in [0.1, 0.15) is 43.7 Å². The quantitative estimate of drug-likeness (QED) is 0.443. The lowest BCUT2D eigenvalue weighted by Crippen LogP contribution is -2.39. The molecule has 8 nitrogen and oxygen atoms in total. The van der Waals surface area contributed by atoms with Crippen LogP contribution in [0.2, 0.25) is 0 Å². The Morgan fingerprint density at radius 3 is 2.86 bits per heavy atom. The Morgan fingerprint density at radius 2 is 2.09 bits per heavy atom. The summed E-state index contributed by atoms with van der Waals surface area (Å²) in [5.74, 6) is 0.112. The number of aromatic nitrogens is 2. The fraction of sp³-hybridized carbons (Fsp3) is 0.444. The van der Waals surface area contributed by atoms with Gasteiger partial charge in [-0.3, -0.25) is 9.69 Å². The topological polar surface area (TPSA) is 91.9 Å². The lowest BCUT2D eigenvalue weighted by molar-refractivity contribution is -0.138. The zero-order chi connectivity index (χ0) is 24.8. The second kappa shape index (κ2) is 11.5. The minimum atomic E-state index is -0.851. The first-order chi connectivity index (χ1) is 17.0. The first kappa shape index (κ1) is 24.9. The van der Waals surface area contributed by atoms with Crippen LogP contribution < -0.4 is 4.90 Å². The molecule has 0 spiro atoms. The fourth-order valence-corrected chi connectivity index (χ4v) is 4.88. The molecule has 2 heterocycles. The van der Waals surface area contributed by atoms with E-state index in [0.29, 0.717) is 30.9 Å². The minimum Gasteiger partial charge on any atom is -0.480 e. The van der Waals surface area contributed by atoms with Crippen molar-refractivity contribution in [1.29, 1.82) is 0 Å². The lowest BCUT2D eigenvalue weighted by atomic mass is 9.97. The number of rotatable bonds is 10. The van der Waals surface area contributed by atoms with E-state index in [9.17, 15) is 4.79 Å². The number of methoxy groups -OCH3 is 1. The van der Waals surface area contributed by atoms with E-state index in [1.165, 1.54) is 24.9 Å². The molecule has 3 aromatic rings. The van der Waals surface area contributed by atoms with Crippen LogP contribution in [0.15, 0.2) is 47.0 Å². The third kappa shape index (κ3) is 6.07. The van der Waals surface area contributed by atoms with E-state index in [1.807, 2.05) is 30.3 Å². The van der Waals surface area contributed by atoms with E-state index in [0.717, 1.165) is 35.2 Å². The molecule has 2 aromatic carbocycles. The monoisotopic (exact) mass is 478 g/mol. The molecule has 1 aromatic heterocycles. The number of anilines is 1. The average Bonchev–Trinajstić information content (AvgIpc) is 3.34. The number of hydrogen-bond acceptors (Lipinski definition) is 7. The highest BCUT2D eigenvalue weighted by Crippen LogP contribution is 2.33. The van der Waals surface area contributed by atoms with Gasteiger partial charge in [-0.15, -0.1) is 0 Å². The molecule has 8 heteroatoms. The molecule has 4 rings (SSSR count). The standard InChI is InChI=1S/C27H34N4O4/c1-4-23-10-5-6-13-31(23)24-12-11-21(15-22(24)18-34-3)27-28-26(29-35-27)20-9-7-8-19(14-20)16-30(2)17-25(32)33/h7-9,11-12,14-15,23H,4-6,10,13,16-18H2,1-3H3,(H,32,33). The maximum Gasteiger partial charge on any atom is 0.317 e. The number of carbonyl (C=O) groups is 1. The van der Waals surface area contributed by atoms with Gasteiger partial charge in [0.25, 0.3) is 5.89 Å². The van der Waals surface area contributed by atoms with Crippen LogP contribution >= 0.6 is 0 Å². The fourth-order valence-electron chi connectivity index (χ4n) is 4.88. The maximum absolute atomic E-state index is 10.9. The molecule has 1 N–H and O–H groups in total. The van der Waals surface area contributed by atoms with Crippen molar-refractivity contribution in [3.63, 3.8) is 0 Å². The average molecular weight is 479 g/mol. The van der Waals surface area contributed by atoms with Gasteiger partial charge in [0.05, 0.1) is 13.2 Å². The van der Waals surface area contributed by atoms with E-state index in [4.69, 9.17) is 14.4 Å². The third-order valence-electron chi connectivity index (χ3n) is 6.50. The van der Waals surface area contributed by atoms with Crippen molar-refractivity contribution >= 4 is 11.7 Å². The number of hydrogen-bond donors (Lipinski definition) is 1. The second-order valence-electron chi connectivity index (χ2n) is 9.22. The van der Waals surface area contributed by atoms with Crippen LogP contribution in [0.3, 0.4) is 0 Å². The molecule has 0 saturated carbocycles. The summed E-state index contributed by atoms with van der Waals surface area (Å²) in [6.45, 7) is 4.33. The Balaban J connectivity index is 1.57. The van der Waals surface area contributed by atoms with E-state index >= 15 is 0 Å². The molecule has 35 heavy (non-hydrogen) atoms. The van der Waals surface area contributed by atoms with Gasteiger partial charge in [0.1, 0.15) is 0 Å². The van der Waals surface area contributed by atoms with Gasteiger partial charge in [-0.05, 0) is 62.6 Å². The van der Waals surface area contributed by atoms with Gasteiger partial charge in [-0.1, -0.05) is 30.3 Å². The molecule has 0 aliphatic carbocycles. The molecule has 1 unspecified atom stereocenters. The molecule has 1 aliphatic rings. The van der Waals surface area contributed by atoms with Gasteiger partial charge in [0, 0.05) is 48.6 Å². The molecule has 1 saturated heterocycles. The van der Waals surface area contributed by atoms with Gasteiger partial charge < -0.3 is 19.3 Å². The van der Waals surface area contributed by atoms with Crippen LogP contribution in [-0.2, 0) is 22.7 Å². The maximum atomic E-state index is 10.9. The molecule has 1 atom stereocenters. The van der Waals surface area contributed by atoms with E-state index < -0.39 is 5.97 Å². The number of aliphatic carboxylic acids is 1. The SMILES string of the molecule is CCC1CCCCN1c1ccc(-c2nc(-c3cccc(CN(C)CC(=O)O)c3)no2)cc1COC. The zero-order valence-corrected chi connectivity index (χ0v) is 20.7. The molecule has 1 aliphatic heterocycles. The number of nitrogens with zero attached hydrogens (tertiary/aromatic N) is 4. The highest BCUT2D eigenvalue weighted by Gasteiger charge is 2.24. The summed E-state index contributed by atoms with van der Waals surface area (Å²) in [6.07, 6.45) is 4.85. The summed E-state index contributed by atoms with van der Waals surface area (Å²) in [5.41, 5.74) is 5.01. The van der Waals surface area contributed by atoms with Gasteiger partial charge >= 0.3 is 5.97 Å². The van der Waals surface area contributed by atoms with E-state index in [2.05, 4.69) is 34.1 Å². The minimum absolute atomic E-state index is 0.0210. The normalized spacial score (nSPS) is 16.1. The molecule has 0 radical (unpaired) electrons. The van der Waals surface area contributed by atoms with Gasteiger partial charge in [0.15, 0.2) is 0 Å². The number of carboxylic acid groups (broad SMARTS) is 1. The van der Waals surface area contributed by atoms with Crippen molar-refractivity contribution in [3.05, 3.63) is 53.6 Å². The van der Waals surface area contributed by atoms with Crippen molar-refractivity contribution in [2.45, 2.75) is 51.8 Å². The summed E-state index contributed by atoms with van der Waals surface area (Å²) in [5, 5.41) is 13.2. The summed E-state index contributed by atoms with van der Waals surface area (Å²) in [6, 6.07) is 14.6. The van der Waals surface area contributed by atoms with Crippen LogP contribution in [0.5, 0.6) is 0 Å². The van der Waals surface area contributed by atoms with Crippen LogP contribution in [0.4, 0.5) is 5.69 Å². The largest absolute Gasteiger partial charge is 0.480 e. The van der Waals surface area contributed by atoms with Crippen LogP contribution in [0, 0.1) is 0 Å². The Morgan fingerprint density at radius 1 is 1.23 bits per heavy atom. The number of carboxylic acids is 1. The predicted molar refractivity (Wildman–Crippen MR) is 135 cm³/mol. The van der Waals surface area contributed by atoms with Crippen molar-refractivity contribution in [2.24, 2.45) is 0 Å². The predicted octanol–water partition coefficient (Wildman–Crippen LogP) is 4.84. The van der Waals surface area contributed by atoms with Crippen molar-refractivity contribution in [1.82, 2.24) is 15.0 Å². The number of piperidine rings is 1. The van der Waals surface area contributed by atoms with Crippen molar-refractivity contribution < 1.29 is 19.2 Å². The summed E-state index contributed by atoms with van der Waals surface area (Å²) >= 11 is 0. The third-order valence-corrected chi connectivity index (χ3v) is 6.50. The summed E-state index contributed by atoms with van der Waals surface area (Å²) in [7, 11) is 3.50. The van der Waals surface area contributed by atoms with Crippen molar-refractivity contribution in [3.8, 4) is 22.8 Å². The molecular formula is C27H34N4O4. The van der Waals surface area contributed by atoms with Crippen molar-refractivity contribution in [2.75, 3.05) is 32.1 Å². The van der Waals surface area contributed by atoms with E-state index in [-0.39, 0.29) is 6.54 Å². The van der Waals surface area contributed by atoms with Crippen LogP contribution in [0.25, 0.3) is 22.8 Å². The lowest BCUT2D eigenvalue weighted by Gasteiger charge is -2.38. The van der Waals surface area contributed by atoms with E-state index in [1.54, 1.807) is 19.1 Å². The Labute approximate surface area is 206 Å². The second-order valence-corrected chi connectivity index (χ2v) is 9.22. The number of ether oxygens (including phenoxy) is 1. The van der Waals surface area contributed by atoms with Gasteiger partial charge in [0.2, 0.25) is 5.82 Å². The number of benzene rings is 2. The summed E-state index contributed by atoms with van der Waals surface area (Å²) < 4.78 is 11.2. The Bertz CT molecular complexity index is 1150. The van der Waals surface area contributed by atoms with Gasteiger partial charge in [-0.2, -0.15) is 4.98 Å². The van der Waals surface area contributed by atoms with Gasteiger partial charge in [-0.25, -0.2) is 0 Å². The van der Waals surface area contributed by atoms with Crippen LogP contribution in [-0.4, -0.2) is 59.4 Å². The zero-order valence-electron chi connectivity index (χ0n) is 20.7. The Kier molecular flexibility index (Phi) is 8.15. The molecule has 0 bridgehead atoms. The first-order valence-electron chi connectivity index (χ1n) is 12.2. The highest BCUT2D eigenvalue weighted by atomic mass is 16.5. The first-order valence-corrected chi connectivity index (χ1v) is 12.2. The smallest absolute Gasteiger partial charge is 0.317 e. The number of likely N-dealkylation sites (N-methyl/N-ethyl adjacent to an activating group) is 1. The summed E-state index contributed by atoms with van der Waals surface area (Å²) in [4.78, 5) is 19.9. The molecular weight excluding hydrogens is 444 g/mol. The molecule has 186 valence electrons. The molecule has 0 amide bonds. The highest BCUT2D eigenvalue weighted by molar-refractivity contribution is 5.69.